The number of benzene rings is 1. The van der Waals surface area contributed by atoms with Crippen molar-refractivity contribution in [3.05, 3.63) is 54.1 Å². The van der Waals surface area contributed by atoms with Crippen molar-refractivity contribution < 1.29 is 13.9 Å². The minimum Gasteiger partial charge on any atom is -0.347 e. The van der Waals surface area contributed by atoms with Crippen LogP contribution in [0.2, 0.25) is 0 Å². The van der Waals surface area contributed by atoms with Gasteiger partial charge in [0.2, 0.25) is 0 Å². The predicted octanol–water partition coefficient (Wildman–Crippen LogP) is 4.52. The molecule has 4 nitrogen and oxygen atoms in total. The molecule has 4 rings (SSSR count). The van der Waals surface area contributed by atoms with Crippen molar-refractivity contribution in [2.45, 2.75) is 44.8 Å². The van der Waals surface area contributed by atoms with Gasteiger partial charge in [-0.3, -0.25) is 0 Å². The van der Waals surface area contributed by atoms with Crippen LogP contribution in [-0.2, 0) is 15.9 Å². The van der Waals surface area contributed by atoms with Gasteiger partial charge in [0.1, 0.15) is 5.82 Å². The zero-order valence-corrected chi connectivity index (χ0v) is 15.2. The van der Waals surface area contributed by atoms with Crippen LogP contribution < -0.4 is 0 Å². The van der Waals surface area contributed by atoms with Gasteiger partial charge in [-0.2, -0.15) is 5.10 Å². The van der Waals surface area contributed by atoms with E-state index < -0.39 is 5.79 Å². The average Bonchev–Trinajstić information content (AvgIpc) is 3.26. The van der Waals surface area contributed by atoms with Gasteiger partial charge in [0.25, 0.3) is 0 Å². The number of halogens is 1. The first-order valence-corrected chi connectivity index (χ1v) is 9.30. The van der Waals surface area contributed by atoms with Crippen molar-refractivity contribution in [2.75, 3.05) is 13.2 Å². The molecule has 5 heteroatoms. The molecule has 1 atom stereocenters. The van der Waals surface area contributed by atoms with Crippen LogP contribution in [0.3, 0.4) is 0 Å². The van der Waals surface area contributed by atoms with Crippen molar-refractivity contribution in [3.8, 4) is 5.69 Å². The Labute approximate surface area is 153 Å². The SMILES string of the molecule is C=Cc1c(C[C@@]2(C)CCCCC23OCCO3)cnn1-c1ccc(F)cc1. The molecule has 0 amide bonds. The molecule has 26 heavy (non-hydrogen) atoms. The summed E-state index contributed by atoms with van der Waals surface area (Å²) in [7, 11) is 0. The summed E-state index contributed by atoms with van der Waals surface area (Å²) >= 11 is 0. The highest BCUT2D eigenvalue weighted by Crippen LogP contribution is 2.51. The second kappa shape index (κ2) is 6.63. The minimum absolute atomic E-state index is 0.101. The highest BCUT2D eigenvalue weighted by atomic mass is 19.1. The molecule has 1 saturated heterocycles. The average molecular weight is 356 g/mol. The normalized spacial score (nSPS) is 24.8. The van der Waals surface area contributed by atoms with Crippen LogP contribution in [0.25, 0.3) is 11.8 Å². The van der Waals surface area contributed by atoms with E-state index in [1.165, 1.54) is 18.6 Å². The quantitative estimate of drug-likeness (QED) is 0.808. The first kappa shape index (κ1) is 17.4. The van der Waals surface area contributed by atoms with Crippen LogP contribution in [0.15, 0.2) is 37.0 Å². The lowest BCUT2D eigenvalue weighted by Crippen LogP contribution is -2.51. The van der Waals surface area contributed by atoms with Crippen molar-refractivity contribution in [3.63, 3.8) is 0 Å². The Hall–Kier alpha value is -1.98. The van der Waals surface area contributed by atoms with E-state index in [0.717, 1.165) is 42.6 Å². The standard InChI is InChI=1S/C21H25FN2O2/c1-3-19-16(15-23-24(19)18-8-6-17(22)7-9-18)14-20(2)10-4-5-11-21(20)25-12-13-26-21/h3,6-9,15H,1,4-5,10-14H2,2H3/t20-/m1/s1. The lowest BCUT2D eigenvalue weighted by atomic mass is 9.67. The molecule has 0 unspecified atom stereocenters. The highest BCUT2D eigenvalue weighted by molar-refractivity contribution is 5.51. The maximum Gasteiger partial charge on any atom is 0.174 e. The van der Waals surface area contributed by atoms with Crippen LogP contribution in [0, 0.1) is 11.2 Å². The largest absolute Gasteiger partial charge is 0.347 e. The summed E-state index contributed by atoms with van der Waals surface area (Å²) in [6, 6.07) is 6.35. The second-order valence-corrected chi connectivity index (χ2v) is 7.54. The monoisotopic (exact) mass is 356 g/mol. The van der Waals surface area contributed by atoms with Gasteiger partial charge >= 0.3 is 0 Å². The van der Waals surface area contributed by atoms with Gasteiger partial charge in [-0.05, 0) is 55.2 Å². The van der Waals surface area contributed by atoms with Gasteiger partial charge in [-0.25, -0.2) is 9.07 Å². The summed E-state index contributed by atoms with van der Waals surface area (Å²) in [5, 5.41) is 4.54. The fourth-order valence-corrected chi connectivity index (χ4v) is 4.49. The zero-order valence-electron chi connectivity index (χ0n) is 15.2. The van der Waals surface area contributed by atoms with E-state index in [9.17, 15) is 4.39 Å². The molecule has 2 aliphatic rings. The maximum absolute atomic E-state index is 13.2. The van der Waals surface area contributed by atoms with Gasteiger partial charge in [0.05, 0.1) is 30.8 Å². The van der Waals surface area contributed by atoms with Gasteiger partial charge in [-0.1, -0.05) is 19.9 Å². The van der Waals surface area contributed by atoms with Gasteiger partial charge < -0.3 is 9.47 Å². The molecular formula is C21H25FN2O2. The molecule has 1 saturated carbocycles. The summed E-state index contributed by atoms with van der Waals surface area (Å²) in [6.07, 6.45) is 8.85. The smallest absolute Gasteiger partial charge is 0.174 e. The van der Waals surface area contributed by atoms with Crippen LogP contribution in [-0.4, -0.2) is 28.8 Å². The van der Waals surface area contributed by atoms with E-state index in [4.69, 9.17) is 9.47 Å². The van der Waals surface area contributed by atoms with Gasteiger partial charge in [0.15, 0.2) is 5.79 Å². The summed E-state index contributed by atoms with van der Waals surface area (Å²) in [4.78, 5) is 0. The van der Waals surface area contributed by atoms with Crippen molar-refractivity contribution in [1.82, 2.24) is 9.78 Å². The summed E-state index contributed by atoms with van der Waals surface area (Å²) in [6.45, 7) is 7.57. The van der Waals surface area contributed by atoms with E-state index in [1.807, 2.05) is 17.0 Å². The Morgan fingerprint density at radius 3 is 2.58 bits per heavy atom. The number of ether oxygens (including phenoxy) is 2. The van der Waals surface area contributed by atoms with Crippen molar-refractivity contribution in [1.29, 1.82) is 0 Å². The molecule has 1 aromatic heterocycles. The molecule has 0 N–H and O–H groups in total. The number of nitrogens with zero attached hydrogens (tertiary/aromatic N) is 2. The molecule has 2 fully saturated rings. The summed E-state index contributed by atoms with van der Waals surface area (Å²) in [5.74, 6) is -0.741. The molecule has 1 spiro atoms. The number of rotatable bonds is 4. The van der Waals surface area contributed by atoms with Crippen LogP contribution in [0.5, 0.6) is 0 Å². The molecule has 2 heterocycles. The van der Waals surface area contributed by atoms with Gasteiger partial charge in [-0.15, -0.1) is 0 Å². The number of hydrogen-bond donors (Lipinski definition) is 0. The van der Waals surface area contributed by atoms with Crippen LogP contribution in [0.4, 0.5) is 4.39 Å². The Balaban J connectivity index is 1.68. The number of aromatic nitrogens is 2. The molecule has 138 valence electrons. The molecule has 1 aliphatic heterocycles. The highest BCUT2D eigenvalue weighted by Gasteiger charge is 2.54. The second-order valence-electron chi connectivity index (χ2n) is 7.54. The topological polar surface area (TPSA) is 36.3 Å². The lowest BCUT2D eigenvalue weighted by molar-refractivity contribution is -0.250. The Kier molecular flexibility index (Phi) is 4.45. The molecule has 1 aliphatic carbocycles. The predicted molar refractivity (Wildman–Crippen MR) is 98.5 cm³/mol. The van der Waals surface area contributed by atoms with E-state index in [2.05, 4.69) is 18.6 Å². The lowest BCUT2D eigenvalue weighted by Gasteiger charge is -2.48. The Morgan fingerprint density at radius 1 is 1.19 bits per heavy atom. The third-order valence-electron chi connectivity index (χ3n) is 5.89. The third kappa shape index (κ3) is 2.79. The van der Waals surface area contributed by atoms with E-state index in [-0.39, 0.29) is 11.2 Å². The first-order chi connectivity index (χ1) is 12.6. The van der Waals surface area contributed by atoms with E-state index in [0.29, 0.717) is 13.2 Å². The Morgan fingerprint density at radius 2 is 1.88 bits per heavy atom. The Bertz CT molecular complexity index is 793. The first-order valence-electron chi connectivity index (χ1n) is 9.30. The van der Waals surface area contributed by atoms with Crippen molar-refractivity contribution in [2.24, 2.45) is 5.41 Å². The van der Waals surface area contributed by atoms with Crippen LogP contribution >= 0.6 is 0 Å². The van der Waals surface area contributed by atoms with Gasteiger partial charge in [0, 0.05) is 11.8 Å². The number of hydrogen-bond acceptors (Lipinski definition) is 3. The summed E-state index contributed by atoms with van der Waals surface area (Å²) in [5.41, 5.74) is 2.78. The maximum atomic E-state index is 13.2. The third-order valence-corrected chi connectivity index (χ3v) is 5.89. The molecule has 2 aromatic rings. The molecular weight excluding hydrogens is 331 g/mol. The molecule has 0 bridgehead atoms. The zero-order chi connectivity index (χ0) is 18.2. The fourth-order valence-electron chi connectivity index (χ4n) is 4.49. The summed E-state index contributed by atoms with van der Waals surface area (Å²) < 4.78 is 27.3. The van der Waals surface area contributed by atoms with E-state index >= 15 is 0 Å². The van der Waals surface area contributed by atoms with Crippen molar-refractivity contribution >= 4 is 6.08 Å². The molecule has 0 radical (unpaired) electrons. The van der Waals surface area contributed by atoms with Crippen LogP contribution in [0.1, 0.15) is 43.9 Å². The fraction of sp³-hybridized carbons (Fsp3) is 0.476. The molecule has 1 aromatic carbocycles. The van der Waals surface area contributed by atoms with E-state index in [1.54, 1.807) is 12.1 Å². The minimum atomic E-state index is -0.484.